The number of amides is 1. The van der Waals surface area contributed by atoms with Crippen molar-refractivity contribution in [2.75, 3.05) is 51.3 Å². The fourth-order valence-corrected chi connectivity index (χ4v) is 5.07. The van der Waals surface area contributed by atoms with Gasteiger partial charge in [0.25, 0.3) is 11.7 Å². The third kappa shape index (κ3) is 5.23. The minimum Gasteiger partial charge on any atom is -0.507 e. The zero-order valence-electron chi connectivity index (χ0n) is 22.9. The number of aliphatic hydroxyl groups excluding tert-OH is 1. The molecule has 1 N–H and O–H groups in total. The second kappa shape index (κ2) is 10.6. The molecule has 2 aliphatic heterocycles. The molecule has 0 bridgehead atoms. The van der Waals surface area contributed by atoms with E-state index >= 15 is 0 Å². The number of hydrogen-bond donors (Lipinski definition) is 1. The molecule has 1 atom stereocenters. The Morgan fingerprint density at radius 1 is 1.08 bits per heavy atom. The first kappa shape index (κ1) is 26.7. The summed E-state index contributed by atoms with van der Waals surface area (Å²) >= 11 is 0. The Morgan fingerprint density at radius 3 is 2.38 bits per heavy atom. The van der Waals surface area contributed by atoms with Crippen LogP contribution in [0.1, 0.15) is 57.4 Å². The summed E-state index contributed by atoms with van der Waals surface area (Å²) in [6.07, 6.45) is 0. The molecular formula is C30H39N3O4. The summed E-state index contributed by atoms with van der Waals surface area (Å²) < 4.78 is 5.74. The van der Waals surface area contributed by atoms with E-state index in [9.17, 15) is 14.7 Å². The monoisotopic (exact) mass is 505 g/mol. The van der Waals surface area contributed by atoms with Crippen molar-refractivity contribution < 1.29 is 19.4 Å². The van der Waals surface area contributed by atoms with Gasteiger partial charge in [-0.15, -0.1) is 0 Å². The molecule has 1 saturated heterocycles. The number of Topliss-reactive ketones (excluding diaryl/α,β-unsaturated/α-hetero) is 1. The normalized spacial score (nSPS) is 19.4. The maximum atomic E-state index is 13.4. The molecule has 1 fully saturated rings. The number of benzene rings is 2. The third-order valence-corrected chi connectivity index (χ3v) is 7.51. The van der Waals surface area contributed by atoms with Crippen LogP contribution in [0.25, 0.3) is 5.76 Å². The number of carbonyl (C=O) groups excluding carboxylic acids is 2. The maximum absolute atomic E-state index is 13.4. The van der Waals surface area contributed by atoms with Crippen LogP contribution >= 0.6 is 0 Å². The van der Waals surface area contributed by atoms with Crippen LogP contribution in [0.2, 0.25) is 0 Å². The van der Waals surface area contributed by atoms with Crippen LogP contribution in [-0.2, 0) is 15.0 Å². The standard InChI is InChI=1S/C30H39N3O4/c1-7-32(8-2)15-16-33-26(20-9-12-22(13-10-20)30(3,4)5)25(28(35)29(33)36)27(34)21-11-14-24-23(19-21)31(6)17-18-37-24/h9-14,19,26,34H,7-8,15-18H2,1-6H3/b27-25-. The highest BCUT2D eigenvalue weighted by Gasteiger charge is 2.46. The van der Waals surface area contributed by atoms with Crippen molar-refractivity contribution in [1.82, 2.24) is 9.80 Å². The van der Waals surface area contributed by atoms with Gasteiger partial charge in [-0.05, 0) is 47.8 Å². The zero-order valence-corrected chi connectivity index (χ0v) is 22.9. The van der Waals surface area contributed by atoms with Crippen LogP contribution in [0.5, 0.6) is 5.75 Å². The molecule has 37 heavy (non-hydrogen) atoms. The number of likely N-dealkylation sites (tertiary alicyclic amines) is 1. The summed E-state index contributed by atoms with van der Waals surface area (Å²) in [5.41, 5.74) is 3.42. The predicted molar refractivity (Wildman–Crippen MR) is 147 cm³/mol. The average Bonchev–Trinajstić information content (AvgIpc) is 3.13. The molecule has 198 valence electrons. The summed E-state index contributed by atoms with van der Waals surface area (Å²) in [4.78, 5) is 32.6. The van der Waals surface area contributed by atoms with Crippen LogP contribution in [0.4, 0.5) is 5.69 Å². The molecule has 0 saturated carbocycles. The van der Waals surface area contributed by atoms with Gasteiger partial charge in [0.05, 0.1) is 23.8 Å². The molecule has 2 aliphatic rings. The molecular weight excluding hydrogens is 466 g/mol. The molecule has 7 nitrogen and oxygen atoms in total. The van der Waals surface area contributed by atoms with Crippen molar-refractivity contribution in [3.8, 4) is 5.75 Å². The highest BCUT2D eigenvalue weighted by molar-refractivity contribution is 6.46. The fourth-order valence-electron chi connectivity index (χ4n) is 5.07. The van der Waals surface area contributed by atoms with E-state index in [-0.39, 0.29) is 16.7 Å². The number of aliphatic hydroxyl groups is 1. The Bertz CT molecular complexity index is 1190. The van der Waals surface area contributed by atoms with Gasteiger partial charge in [-0.3, -0.25) is 9.59 Å². The lowest BCUT2D eigenvalue weighted by atomic mass is 9.85. The van der Waals surface area contributed by atoms with E-state index in [1.807, 2.05) is 43.4 Å². The summed E-state index contributed by atoms with van der Waals surface area (Å²) in [7, 11) is 1.97. The van der Waals surface area contributed by atoms with Gasteiger partial charge in [0.15, 0.2) is 0 Å². The highest BCUT2D eigenvalue weighted by atomic mass is 16.5. The number of ketones is 1. The molecule has 1 unspecified atom stereocenters. The van der Waals surface area contributed by atoms with Gasteiger partial charge in [-0.2, -0.15) is 0 Å². The first-order chi connectivity index (χ1) is 17.6. The van der Waals surface area contributed by atoms with E-state index in [0.717, 1.165) is 42.2 Å². The molecule has 7 heteroatoms. The maximum Gasteiger partial charge on any atom is 0.295 e. The van der Waals surface area contributed by atoms with Crippen molar-refractivity contribution in [3.05, 3.63) is 64.7 Å². The SMILES string of the molecule is CCN(CC)CCN1C(=O)C(=O)/C(=C(\O)c2ccc3c(c2)N(C)CCO3)C1c1ccc(C(C)(C)C)cc1. The van der Waals surface area contributed by atoms with E-state index in [2.05, 4.69) is 44.4 Å². The van der Waals surface area contributed by atoms with Crippen molar-refractivity contribution in [2.24, 2.45) is 0 Å². The lowest BCUT2D eigenvalue weighted by Gasteiger charge is -2.29. The number of anilines is 1. The van der Waals surface area contributed by atoms with Gasteiger partial charge < -0.3 is 24.5 Å². The van der Waals surface area contributed by atoms with Gasteiger partial charge in [-0.25, -0.2) is 0 Å². The Labute approximate surface area is 220 Å². The van der Waals surface area contributed by atoms with Crippen LogP contribution in [0.15, 0.2) is 48.0 Å². The third-order valence-electron chi connectivity index (χ3n) is 7.51. The van der Waals surface area contributed by atoms with E-state index in [1.165, 1.54) is 0 Å². The molecule has 2 heterocycles. The van der Waals surface area contributed by atoms with E-state index < -0.39 is 17.7 Å². The molecule has 0 aliphatic carbocycles. The van der Waals surface area contributed by atoms with E-state index in [4.69, 9.17) is 4.74 Å². The molecule has 2 aromatic rings. The zero-order chi connectivity index (χ0) is 26.9. The predicted octanol–water partition coefficient (Wildman–Crippen LogP) is 4.58. The second-order valence-corrected chi connectivity index (χ2v) is 10.8. The quantitative estimate of drug-likeness (QED) is 0.338. The van der Waals surface area contributed by atoms with Gasteiger partial charge in [0.2, 0.25) is 0 Å². The second-order valence-electron chi connectivity index (χ2n) is 10.8. The highest BCUT2D eigenvalue weighted by Crippen LogP contribution is 2.41. The summed E-state index contributed by atoms with van der Waals surface area (Å²) in [6, 6.07) is 12.8. The Balaban J connectivity index is 1.81. The Hall–Kier alpha value is -3.32. The molecule has 0 aromatic heterocycles. The number of carbonyl (C=O) groups is 2. The summed E-state index contributed by atoms with van der Waals surface area (Å²) in [5, 5.41) is 11.5. The van der Waals surface area contributed by atoms with Crippen molar-refractivity contribution in [3.63, 3.8) is 0 Å². The van der Waals surface area contributed by atoms with E-state index in [0.29, 0.717) is 25.3 Å². The van der Waals surface area contributed by atoms with E-state index in [1.54, 1.807) is 11.0 Å². The first-order valence-electron chi connectivity index (χ1n) is 13.2. The van der Waals surface area contributed by atoms with Crippen molar-refractivity contribution in [1.29, 1.82) is 0 Å². The number of hydrogen-bond acceptors (Lipinski definition) is 6. The van der Waals surface area contributed by atoms with Crippen LogP contribution in [0.3, 0.4) is 0 Å². The average molecular weight is 506 g/mol. The van der Waals surface area contributed by atoms with Crippen molar-refractivity contribution in [2.45, 2.75) is 46.1 Å². The first-order valence-corrected chi connectivity index (χ1v) is 13.2. The number of likely N-dealkylation sites (N-methyl/N-ethyl adjacent to an activating group) is 2. The number of fused-ring (bicyclic) bond motifs is 1. The summed E-state index contributed by atoms with van der Waals surface area (Å²) in [5.74, 6) is -0.643. The Morgan fingerprint density at radius 2 is 1.76 bits per heavy atom. The van der Waals surface area contributed by atoms with Gasteiger partial charge in [0, 0.05) is 25.7 Å². The molecule has 4 rings (SSSR count). The molecule has 0 spiro atoms. The largest absolute Gasteiger partial charge is 0.507 e. The minimum absolute atomic E-state index is 0.0275. The van der Waals surface area contributed by atoms with Gasteiger partial charge >= 0.3 is 0 Å². The van der Waals surface area contributed by atoms with Gasteiger partial charge in [0.1, 0.15) is 18.1 Å². The number of rotatable bonds is 7. The molecule has 1 amide bonds. The summed E-state index contributed by atoms with van der Waals surface area (Å²) in [6.45, 7) is 14.7. The van der Waals surface area contributed by atoms with Gasteiger partial charge in [-0.1, -0.05) is 58.9 Å². The Kier molecular flexibility index (Phi) is 7.64. The fraction of sp³-hybridized carbons (Fsp3) is 0.467. The van der Waals surface area contributed by atoms with Crippen LogP contribution < -0.4 is 9.64 Å². The number of nitrogens with zero attached hydrogens (tertiary/aromatic N) is 3. The minimum atomic E-state index is -0.658. The smallest absolute Gasteiger partial charge is 0.295 e. The van der Waals surface area contributed by atoms with Crippen molar-refractivity contribution >= 4 is 23.1 Å². The van der Waals surface area contributed by atoms with Crippen LogP contribution in [-0.4, -0.2) is 73.0 Å². The lowest BCUT2D eigenvalue weighted by molar-refractivity contribution is -0.140. The molecule has 0 radical (unpaired) electrons. The molecule has 2 aromatic carbocycles. The van der Waals surface area contributed by atoms with Crippen LogP contribution in [0, 0.1) is 0 Å². The lowest BCUT2D eigenvalue weighted by Crippen LogP contribution is -2.38. The topological polar surface area (TPSA) is 73.3 Å². The number of ether oxygens (including phenoxy) is 1.